The molecule has 0 aliphatic heterocycles. The first kappa shape index (κ1) is 37.1. The van der Waals surface area contributed by atoms with Crippen molar-refractivity contribution in [2.75, 3.05) is 4.90 Å². The number of hydrogen-bond donors (Lipinski definition) is 0. The minimum Gasteiger partial charge on any atom is -0.309 e. The molecule has 296 valence electrons. The van der Waals surface area contributed by atoms with Crippen LogP contribution in [0, 0.1) is 0 Å². The van der Waals surface area contributed by atoms with Crippen LogP contribution in [0.4, 0.5) is 17.1 Å². The Hall–Kier alpha value is -6.71. The van der Waals surface area contributed by atoms with Crippen molar-refractivity contribution in [1.29, 1.82) is 0 Å². The van der Waals surface area contributed by atoms with E-state index in [1.807, 2.05) is 11.3 Å². The van der Waals surface area contributed by atoms with Gasteiger partial charge in [0.1, 0.15) is 0 Å². The van der Waals surface area contributed by atoms with Gasteiger partial charge in [0.2, 0.25) is 0 Å². The molecule has 0 radical (unpaired) electrons. The highest BCUT2D eigenvalue weighted by Crippen LogP contribution is 2.65. The van der Waals surface area contributed by atoms with Gasteiger partial charge >= 0.3 is 0 Å². The zero-order chi connectivity index (χ0) is 41.7. The molecule has 0 amide bonds. The van der Waals surface area contributed by atoms with Gasteiger partial charge in [0.15, 0.2) is 0 Å². The number of rotatable bonds is 5. The largest absolute Gasteiger partial charge is 0.309 e. The number of benzene rings is 9. The van der Waals surface area contributed by atoms with Gasteiger partial charge in [-0.1, -0.05) is 178 Å². The molecule has 1 atom stereocenters. The van der Waals surface area contributed by atoms with Gasteiger partial charge in [0, 0.05) is 31.9 Å². The van der Waals surface area contributed by atoms with Crippen LogP contribution in [0.1, 0.15) is 48.6 Å². The molecule has 0 fully saturated rings. The van der Waals surface area contributed by atoms with Crippen LogP contribution in [0.15, 0.2) is 200 Å². The Balaban J connectivity index is 1.07. The molecule has 62 heavy (non-hydrogen) atoms. The Kier molecular flexibility index (Phi) is 8.32. The first-order chi connectivity index (χ1) is 30.3. The molecule has 1 aromatic heterocycles. The first-order valence-corrected chi connectivity index (χ1v) is 22.6. The van der Waals surface area contributed by atoms with Gasteiger partial charge in [-0.15, -0.1) is 11.3 Å². The van der Waals surface area contributed by atoms with E-state index in [2.05, 4.69) is 226 Å². The van der Waals surface area contributed by atoms with Crippen molar-refractivity contribution in [2.24, 2.45) is 0 Å². The van der Waals surface area contributed by atoms with Crippen LogP contribution in [-0.4, -0.2) is 0 Å². The molecule has 0 N–H and O–H groups in total. The molecule has 1 nitrogen and oxygen atoms in total. The van der Waals surface area contributed by atoms with Crippen molar-refractivity contribution >= 4 is 60.2 Å². The van der Waals surface area contributed by atoms with Gasteiger partial charge in [-0.3, -0.25) is 0 Å². The summed E-state index contributed by atoms with van der Waals surface area (Å²) < 4.78 is 2.55. The topological polar surface area (TPSA) is 3.24 Å². The summed E-state index contributed by atoms with van der Waals surface area (Å²) in [6.45, 7) is 6.99. The fraction of sp³-hybridized carbons (Fsp3) is 0.0847. The Morgan fingerprint density at radius 1 is 0.452 bits per heavy atom. The minimum atomic E-state index is -0.498. The van der Waals surface area contributed by atoms with E-state index in [0.717, 1.165) is 33.2 Å². The van der Waals surface area contributed by atoms with E-state index >= 15 is 0 Å². The standard InChI is InChI=1S/C59H42ClNS/c1-58(2,3)50-26-16-27-51-56(50)45-23-11-14-25-49(45)59(51)48-24-13-10-22-44(48)55-46(35-40(60)36-52(55)59)38-29-31-42(32-30-38)61(41-19-8-5-9-20-41)53-34-39(37-17-6-4-7-18-37)33-47-43-21-12-15-28-54(43)62-57(47)53/h4-36H,1-3H3. The fourth-order valence-corrected chi connectivity index (χ4v) is 12.1. The quantitative estimate of drug-likeness (QED) is 0.167. The SMILES string of the molecule is CC(C)(C)c1cccc2c1-c1ccccc1C21c2ccccc2-c2c(-c3ccc(N(c4ccccc4)c4cc(-c5ccccc5)cc5c4sc4ccccc45)cc3)cc(Cl)cc21. The predicted octanol–water partition coefficient (Wildman–Crippen LogP) is 17.2. The number of hydrogen-bond acceptors (Lipinski definition) is 2. The molecular formula is C59H42ClNS. The first-order valence-electron chi connectivity index (χ1n) is 21.4. The molecule has 2 aliphatic carbocycles. The third-order valence-corrected chi connectivity index (χ3v) is 14.7. The summed E-state index contributed by atoms with van der Waals surface area (Å²) in [5.74, 6) is 0. The van der Waals surface area contributed by atoms with Gasteiger partial charge in [0.05, 0.1) is 15.8 Å². The van der Waals surface area contributed by atoms with E-state index in [9.17, 15) is 0 Å². The molecule has 0 bridgehead atoms. The Morgan fingerprint density at radius 2 is 1.06 bits per heavy atom. The van der Waals surface area contributed by atoms with Crippen LogP contribution in [-0.2, 0) is 10.8 Å². The highest BCUT2D eigenvalue weighted by atomic mass is 35.5. The van der Waals surface area contributed by atoms with E-state index in [-0.39, 0.29) is 5.41 Å². The van der Waals surface area contributed by atoms with Crippen LogP contribution in [0.5, 0.6) is 0 Å². The lowest BCUT2D eigenvalue weighted by Gasteiger charge is -2.31. The molecule has 0 saturated heterocycles. The van der Waals surface area contributed by atoms with Crippen LogP contribution in [0.2, 0.25) is 5.02 Å². The van der Waals surface area contributed by atoms with Crippen molar-refractivity contribution < 1.29 is 0 Å². The van der Waals surface area contributed by atoms with Crippen molar-refractivity contribution in [3.05, 3.63) is 233 Å². The summed E-state index contributed by atoms with van der Waals surface area (Å²) in [5.41, 5.74) is 19.3. The molecular weight excluding hydrogens is 790 g/mol. The number of thiophene rings is 1. The predicted molar refractivity (Wildman–Crippen MR) is 265 cm³/mol. The molecule has 0 saturated carbocycles. The molecule has 1 spiro atoms. The monoisotopic (exact) mass is 831 g/mol. The number of fused-ring (bicyclic) bond motifs is 13. The molecule has 12 rings (SSSR count). The maximum Gasteiger partial charge on any atom is 0.0726 e. The maximum absolute atomic E-state index is 7.33. The summed E-state index contributed by atoms with van der Waals surface area (Å²) in [6.07, 6.45) is 0. The third kappa shape index (κ3) is 5.40. The van der Waals surface area contributed by atoms with Gasteiger partial charge in [-0.25, -0.2) is 0 Å². The van der Waals surface area contributed by atoms with Crippen LogP contribution in [0.3, 0.4) is 0 Å². The summed E-state index contributed by atoms with van der Waals surface area (Å²) >= 11 is 9.19. The Bertz CT molecular complexity index is 3390. The zero-order valence-corrected chi connectivity index (χ0v) is 36.4. The molecule has 1 unspecified atom stereocenters. The minimum absolute atomic E-state index is 0.0363. The Morgan fingerprint density at radius 3 is 1.79 bits per heavy atom. The van der Waals surface area contributed by atoms with Crippen molar-refractivity contribution in [2.45, 2.75) is 31.6 Å². The second-order valence-corrected chi connectivity index (χ2v) is 19.2. The van der Waals surface area contributed by atoms with E-state index in [4.69, 9.17) is 11.6 Å². The van der Waals surface area contributed by atoms with Gasteiger partial charge in [0.25, 0.3) is 0 Å². The van der Waals surface area contributed by atoms with E-state index < -0.39 is 5.41 Å². The molecule has 1 heterocycles. The van der Waals surface area contributed by atoms with Gasteiger partial charge in [-0.2, -0.15) is 0 Å². The summed E-state index contributed by atoms with van der Waals surface area (Å²) in [7, 11) is 0. The maximum atomic E-state index is 7.33. The second-order valence-electron chi connectivity index (χ2n) is 17.7. The van der Waals surface area contributed by atoms with Crippen molar-refractivity contribution in [3.63, 3.8) is 0 Å². The van der Waals surface area contributed by atoms with Crippen LogP contribution in [0.25, 0.3) is 64.7 Å². The van der Waals surface area contributed by atoms with E-state index in [0.29, 0.717) is 0 Å². The van der Waals surface area contributed by atoms with Gasteiger partial charge in [-0.05, 0) is 132 Å². The molecule has 10 aromatic rings. The molecule has 3 heteroatoms. The third-order valence-electron chi connectivity index (χ3n) is 13.2. The van der Waals surface area contributed by atoms with Crippen molar-refractivity contribution in [1.82, 2.24) is 0 Å². The molecule has 9 aromatic carbocycles. The second kappa shape index (κ2) is 13.9. The number of nitrogens with zero attached hydrogens (tertiary/aromatic N) is 1. The summed E-state index contributed by atoms with van der Waals surface area (Å²) in [5, 5.41) is 3.29. The van der Waals surface area contributed by atoms with E-state index in [1.165, 1.54) is 81.4 Å². The van der Waals surface area contributed by atoms with Gasteiger partial charge < -0.3 is 4.90 Å². The lowest BCUT2D eigenvalue weighted by molar-refractivity contribution is 0.591. The average molecular weight is 833 g/mol. The summed E-state index contributed by atoms with van der Waals surface area (Å²) in [4.78, 5) is 2.43. The highest BCUT2D eigenvalue weighted by Gasteiger charge is 2.53. The molecule has 2 aliphatic rings. The smallest absolute Gasteiger partial charge is 0.0726 e. The number of para-hydroxylation sites is 1. The van der Waals surface area contributed by atoms with Crippen LogP contribution >= 0.6 is 22.9 Å². The normalized spacial score (nSPS) is 14.8. The van der Waals surface area contributed by atoms with Crippen molar-refractivity contribution in [3.8, 4) is 44.5 Å². The van der Waals surface area contributed by atoms with E-state index in [1.54, 1.807) is 0 Å². The number of anilines is 3. The average Bonchev–Trinajstić information content (AvgIpc) is 3.94. The lowest BCUT2D eigenvalue weighted by Crippen LogP contribution is -2.26. The lowest BCUT2D eigenvalue weighted by atomic mass is 9.70. The fourth-order valence-electron chi connectivity index (χ4n) is 10.7. The Labute approximate surface area is 372 Å². The number of halogens is 1. The zero-order valence-electron chi connectivity index (χ0n) is 34.8. The highest BCUT2D eigenvalue weighted by molar-refractivity contribution is 7.26. The van der Waals surface area contributed by atoms with Crippen LogP contribution < -0.4 is 4.90 Å². The summed E-state index contributed by atoms with van der Waals surface area (Å²) in [6, 6.07) is 73.7.